The minimum atomic E-state index is -0.0463. The van der Waals surface area contributed by atoms with Gasteiger partial charge in [0.2, 0.25) is 0 Å². The quantitative estimate of drug-likeness (QED) is 0.180. The van der Waals surface area contributed by atoms with Crippen molar-refractivity contribution in [1.82, 2.24) is 4.90 Å². The predicted molar refractivity (Wildman–Crippen MR) is 156 cm³/mol. The van der Waals surface area contributed by atoms with Gasteiger partial charge in [-0.25, -0.2) is 0 Å². The molecular weight excluding hydrogens is 583 g/mol. The van der Waals surface area contributed by atoms with E-state index in [2.05, 4.69) is 29.5 Å². The van der Waals surface area contributed by atoms with Gasteiger partial charge in [0.05, 0.1) is 34.8 Å². The number of ether oxygens (including phenoxy) is 2. The van der Waals surface area contributed by atoms with Gasteiger partial charge in [-0.3, -0.25) is 14.7 Å². The molecule has 3 aromatic rings. The van der Waals surface area contributed by atoms with E-state index in [9.17, 15) is 4.79 Å². The fourth-order valence-corrected chi connectivity index (χ4v) is 5.46. The zero-order valence-corrected chi connectivity index (χ0v) is 23.4. The van der Waals surface area contributed by atoms with Crippen LogP contribution in [0.3, 0.4) is 0 Å². The maximum atomic E-state index is 13.5. The van der Waals surface area contributed by atoms with Gasteiger partial charge in [-0.1, -0.05) is 67.6 Å². The molecule has 5 nitrogen and oxygen atoms in total. The van der Waals surface area contributed by atoms with Crippen LogP contribution in [0.25, 0.3) is 6.08 Å². The van der Waals surface area contributed by atoms with Crippen LogP contribution < -0.4 is 9.47 Å². The van der Waals surface area contributed by atoms with Crippen LogP contribution >= 0.6 is 34.4 Å². The Balaban J connectivity index is 1.65. The Morgan fingerprint density at radius 2 is 1.67 bits per heavy atom. The van der Waals surface area contributed by atoms with E-state index in [0.717, 1.165) is 32.4 Å². The minimum absolute atomic E-state index is 0.0463. The number of thioether (sulfide) groups is 1. The number of amidine groups is 1. The van der Waals surface area contributed by atoms with Crippen molar-refractivity contribution in [3.05, 3.63) is 98.0 Å². The van der Waals surface area contributed by atoms with Crippen molar-refractivity contribution in [3.8, 4) is 11.5 Å². The summed E-state index contributed by atoms with van der Waals surface area (Å²) in [6, 6.07) is 24.1. The SMILES string of the molecule is CCCOc1c(I)cc(/C=C2\SC(=NCc3ccccc3)N(Cc3ccccc3)C2=O)cc1OCC. The van der Waals surface area contributed by atoms with Crippen molar-refractivity contribution in [2.24, 2.45) is 4.99 Å². The highest BCUT2D eigenvalue weighted by molar-refractivity contribution is 14.1. The Kier molecular flexibility index (Phi) is 9.47. The molecule has 7 heteroatoms. The van der Waals surface area contributed by atoms with Crippen LogP contribution in [0.1, 0.15) is 37.0 Å². The first kappa shape index (κ1) is 26.3. The normalized spacial score (nSPS) is 15.6. The van der Waals surface area contributed by atoms with Crippen LogP contribution in [0.2, 0.25) is 0 Å². The molecule has 1 amide bonds. The first-order chi connectivity index (χ1) is 17.6. The molecule has 1 heterocycles. The molecule has 3 aromatic carbocycles. The average molecular weight is 613 g/mol. The number of hydrogen-bond donors (Lipinski definition) is 0. The summed E-state index contributed by atoms with van der Waals surface area (Å²) in [4.78, 5) is 20.8. The third-order valence-electron chi connectivity index (χ3n) is 5.39. The van der Waals surface area contributed by atoms with Crippen LogP contribution in [-0.4, -0.2) is 29.2 Å². The highest BCUT2D eigenvalue weighted by Crippen LogP contribution is 2.38. The first-order valence-electron chi connectivity index (χ1n) is 12.0. The highest BCUT2D eigenvalue weighted by atomic mass is 127. The topological polar surface area (TPSA) is 51.1 Å². The average Bonchev–Trinajstić information content (AvgIpc) is 3.17. The summed E-state index contributed by atoms with van der Waals surface area (Å²) in [6.07, 6.45) is 2.84. The Morgan fingerprint density at radius 1 is 0.972 bits per heavy atom. The van der Waals surface area contributed by atoms with E-state index in [1.54, 1.807) is 4.90 Å². The molecule has 1 saturated heterocycles. The van der Waals surface area contributed by atoms with Gasteiger partial charge in [-0.15, -0.1) is 0 Å². The lowest BCUT2D eigenvalue weighted by Gasteiger charge is -2.16. The number of hydrogen-bond acceptors (Lipinski definition) is 5. The van der Waals surface area contributed by atoms with Gasteiger partial charge in [0, 0.05) is 0 Å². The Hall–Kier alpha value is -2.78. The van der Waals surface area contributed by atoms with Crippen LogP contribution in [0.15, 0.2) is 82.7 Å². The molecule has 4 rings (SSSR count). The van der Waals surface area contributed by atoms with E-state index >= 15 is 0 Å². The molecule has 0 unspecified atom stereocenters. The standard InChI is InChI=1S/C29H29IN2O3S/c1-3-15-35-27-24(30)16-23(17-25(27)34-4-2)18-26-28(33)32(20-22-13-9-6-10-14-22)29(36-26)31-19-21-11-7-5-8-12-21/h5-14,16-18H,3-4,15,19-20H2,1-2H3/b26-18-,31-29?. The Labute approximate surface area is 230 Å². The van der Waals surface area contributed by atoms with Gasteiger partial charge in [0.15, 0.2) is 16.7 Å². The van der Waals surface area contributed by atoms with Crippen molar-refractivity contribution < 1.29 is 14.3 Å². The smallest absolute Gasteiger partial charge is 0.267 e. The first-order valence-corrected chi connectivity index (χ1v) is 13.9. The van der Waals surface area contributed by atoms with Gasteiger partial charge in [-0.05, 0) is 82.6 Å². The second-order valence-electron chi connectivity index (χ2n) is 8.18. The van der Waals surface area contributed by atoms with Gasteiger partial charge >= 0.3 is 0 Å². The Morgan fingerprint density at radius 3 is 2.33 bits per heavy atom. The zero-order valence-electron chi connectivity index (χ0n) is 20.4. The monoisotopic (exact) mass is 612 g/mol. The molecule has 186 valence electrons. The summed E-state index contributed by atoms with van der Waals surface area (Å²) in [7, 11) is 0. The van der Waals surface area contributed by atoms with E-state index in [0.29, 0.717) is 42.1 Å². The van der Waals surface area contributed by atoms with Crippen molar-refractivity contribution in [2.45, 2.75) is 33.4 Å². The number of aliphatic imine (C=N–C) groups is 1. The maximum Gasteiger partial charge on any atom is 0.267 e. The van der Waals surface area contributed by atoms with Crippen LogP contribution in [-0.2, 0) is 17.9 Å². The molecule has 0 aliphatic carbocycles. The molecule has 0 atom stereocenters. The molecule has 1 aliphatic rings. The summed E-state index contributed by atoms with van der Waals surface area (Å²) in [5.74, 6) is 1.40. The second kappa shape index (κ2) is 13.0. The fraction of sp³-hybridized carbons (Fsp3) is 0.241. The molecule has 1 aliphatic heterocycles. The van der Waals surface area contributed by atoms with E-state index in [-0.39, 0.29) is 5.91 Å². The molecule has 0 N–H and O–H groups in total. The number of benzene rings is 3. The van der Waals surface area contributed by atoms with Crippen LogP contribution in [0, 0.1) is 3.57 Å². The van der Waals surface area contributed by atoms with E-state index < -0.39 is 0 Å². The lowest BCUT2D eigenvalue weighted by atomic mass is 10.1. The van der Waals surface area contributed by atoms with E-state index in [1.807, 2.05) is 85.8 Å². The molecule has 36 heavy (non-hydrogen) atoms. The van der Waals surface area contributed by atoms with E-state index in [4.69, 9.17) is 14.5 Å². The number of halogens is 1. The van der Waals surface area contributed by atoms with Crippen LogP contribution in [0.4, 0.5) is 0 Å². The maximum absolute atomic E-state index is 13.5. The molecule has 0 radical (unpaired) electrons. The lowest BCUT2D eigenvalue weighted by Crippen LogP contribution is -2.28. The van der Waals surface area contributed by atoms with Crippen LogP contribution in [0.5, 0.6) is 11.5 Å². The van der Waals surface area contributed by atoms with Crippen molar-refractivity contribution in [2.75, 3.05) is 13.2 Å². The molecule has 1 fully saturated rings. The zero-order chi connectivity index (χ0) is 25.3. The summed E-state index contributed by atoms with van der Waals surface area (Å²) in [5.41, 5.74) is 3.06. The number of rotatable bonds is 10. The van der Waals surface area contributed by atoms with Crippen molar-refractivity contribution in [1.29, 1.82) is 0 Å². The summed E-state index contributed by atoms with van der Waals surface area (Å²) >= 11 is 3.68. The fourth-order valence-electron chi connectivity index (χ4n) is 3.70. The second-order valence-corrected chi connectivity index (χ2v) is 10.4. The lowest BCUT2D eigenvalue weighted by molar-refractivity contribution is -0.122. The largest absolute Gasteiger partial charge is 0.490 e. The Bertz CT molecular complexity index is 1250. The minimum Gasteiger partial charge on any atom is -0.490 e. The number of nitrogens with zero attached hydrogens (tertiary/aromatic N) is 2. The predicted octanol–water partition coefficient (Wildman–Crippen LogP) is 7.15. The molecule has 0 aromatic heterocycles. The molecular formula is C29H29IN2O3S. The molecule has 0 saturated carbocycles. The molecule has 0 spiro atoms. The summed E-state index contributed by atoms with van der Waals surface area (Å²) < 4.78 is 12.8. The van der Waals surface area contributed by atoms with Gasteiger partial charge in [0.1, 0.15) is 0 Å². The van der Waals surface area contributed by atoms with Crippen molar-refractivity contribution in [3.63, 3.8) is 0 Å². The van der Waals surface area contributed by atoms with Gasteiger partial charge in [-0.2, -0.15) is 0 Å². The van der Waals surface area contributed by atoms with Gasteiger partial charge < -0.3 is 9.47 Å². The number of carbonyl (C=O) groups excluding carboxylic acids is 1. The summed E-state index contributed by atoms with van der Waals surface area (Å²) in [5, 5.41) is 0.710. The summed E-state index contributed by atoms with van der Waals surface area (Å²) in [6.45, 7) is 6.18. The molecule has 0 bridgehead atoms. The highest BCUT2D eigenvalue weighted by Gasteiger charge is 2.33. The number of amides is 1. The number of carbonyl (C=O) groups is 1. The third kappa shape index (κ3) is 6.70. The van der Waals surface area contributed by atoms with Crippen molar-refractivity contribution >= 4 is 51.5 Å². The third-order valence-corrected chi connectivity index (χ3v) is 7.24. The van der Waals surface area contributed by atoms with E-state index in [1.165, 1.54) is 11.8 Å². The van der Waals surface area contributed by atoms with Gasteiger partial charge in [0.25, 0.3) is 5.91 Å².